The molecule has 1 unspecified atom stereocenters. The maximum atomic E-state index is 5.81. The number of ether oxygens (including phenoxy) is 1. The molecule has 0 spiro atoms. The highest BCUT2D eigenvalue weighted by Crippen LogP contribution is 2.23. The molecule has 19 heavy (non-hydrogen) atoms. The predicted molar refractivity (Wildman–Crippen MR) is 78.6 cm³/mol. The maximum Gasteiger partial charge on any atom is 0.294 e. The average Bonchev–Trinajstić information content (AvgIpc) is 3.13. The summed E-state index contributed by atoms with van der Waals surface area (Å²) in [6.07, 6.45) is 9.10. The molecule has 5 heteroatoms. The van der Waals surface area contributed by atoms with E-state index in [9.17, 15) is 0 Å². The van der Waals surface area contributed by atoms with E-state index < -0.39 is 0 Å². The molecule has 1 atom stereocenters. The molecule has 1 fully saturated rings. The highest BCUT2D eigenvalue weighted by molar-refractivity contribution is 7.13. The summed E-state index contributed by atoms with van der Waals surface area (Å²) in [4.78, 5) is 0. The van der Waals surface area contributed by atoms with Crippen molar-refractivity contribution in [3.63, 3.8) is 0 Å². The number of hydrogen-bond donors (Lipinski definition) is 1. The topological polar surface area (TPSA) is 47.0 Å². The summed E-state index contributed by atoms with van der Waals surface area (Å²) < 4.78 is 5.81. The van der Waals surface area contributed by atoms with E-state index in [4.69, 9.17) is 4.74 Å². The molecular weight excluding hydrogens is 258 g/mol. The molecule has 1 aromatic heterocycles. The Morgan fingerprint density at radius 3 is 2.89 bits per heavy atom. The first kappa shape index (κ1) is 14.7. The van der Waals surface area contributed by atoms with E-state index in [0.29, 0.717) is 6.04 Å². The fourth-order valence-corrected chi connectivity index (χ4v) is 2.70. The van der Waals surface area contributed by atoms with E-state index in [1.165, 1.54) is 38.5 Å². The van der Waals surface area contributed by atoms with Crippen LogP contribution < -0.4 is 10.1 Å². The van der Waals surface area contributed by atoms with Crippen molar-refractivity contribution >= 4 is 11.3 Å². The van der Waals surface area contributed by atoms with E-state index in [0.717, 1.165) is 23.2 Å². The van der Waals surface area contributed by atoms with Crippen molar-refractivity contribution in [2.24, 2.45) is 0 Å². The van der Waals surface area contributed by atoms with Crippen LogP contribution in [0.5, 0.6) is 5.19 Å². The van der Waals surface area contributed by atoms with Gasteiger partial charge in [-0.15, -0.1) is 5.10 Å². The monoisotopic (exact) mass is 283 g/mol. The minimum Gasteiger partial charge on any atom is -0.466 e. The van der Waals surface area contributed by atoms with Gasteiger partial charge < -0.3 is 10.1 Å². The second-order valence-corrected chi connectivity index (χ2v) is 6.42. The first-order valence-corrected chi connectivity index (χ1v) is 8.32. The van der Waals surface area contributed by atoms with Crippen LogP contribution in [-0.2, 0) is 6.54 Å². The van der Waals surface area contributed by atoms with Crippen molar-refractivity contribution in [2.45, 2.75) is 77.5 Å². The molecule has 2 rings (SSSR count). The van der Waals surface area contributed by atoms with Gasteiger partial charge in [0.25, 0.3) is 5.19 Å². The molecule has 4 nitrogen and oxygen atoms in total. The molecular formula is C14H25N3OS. The van der Waals surface area contributed by atoms with Crippen LogP contribution >= 0.6 is 11.3 Å². The normalized spacial score (nSPS) is 16.5. The highest BCUT2D eigenvalue weighted by atomic mass is 32.1. The lowest BCUT2D eigenvalue weighted by Crippen LogP contribution is -2.14. The van der Waals surface area contributed by atoms with Crippen LogP contribution in [0.25, 0.3) is 0 Å². The molecule has 1 saturated carbocycles. The lowest BCUT2D eigenvalue weighted by molar-refractivity contribution is 0.204. The molecule has 1 aliphatic carbocycles. The van der Waals surface area contributed by atoms with E-state index in [-0.39, 0.29) is 6.10 Å². The van der Waals surface area contributed by atoms with Crippen LogP contribution in [0, 0.1) is 0 Å². The Labute approximate surface area is 120 Å². The molecule has 0 aliphatic heterocycles. The minimum absolute atomic E-state index is 0.244. The lowest BCUT2D eigenvalue weighted by atomic mass is 10.1. The van der Waals surface area contributed by atoms with Crippen LogP contribution in [-0.4, -0.2) is 22.3 Å². The molecule has 1 heterocycles. The third-order valence-electron chi connectivity index (χ3n) is 3.33. The van der Waals surface area contributed by atoms with Gasteiger partial charge in [0.1, 0.15) is 5.01 Å². The van der Waals surface area contributed by atoms with E-state index in [2.05, 4.69) is 29.4 Å². The average molecular weight is 283 g/mol. The van der Waals surface area contributed by atoms with Gasteiger partial charge in [-0.25, -0.2) is 0 Å². The van der Waals surface area contributed by atoms with Crippen molar-refractivity contribution in [3.05, 3.63) is 5.01 Å². The van der Waals surface area contributed by atoms with Gasteiger partial charge >= 0.3 is 0 Å². The smallest absolute Gasteiger partial charge is 0.294 e. The van der Waals surface area contributed by atoms with Crippen LogP contribution in [0.1, 0.15) is 63.8 Å². The van der Waals surface area contributed by atoms with Crippen molar-refractivity contribution in [1.82, 2.24) is 15.5 Å². The van der Waals surface area contributed by atoms with Gasteiger partial charge in [0.15, 0.2) is 0 Å². The minimum atomic E-state index is 0.244. The zero-order valence-electron chi connectivity index (χ0n) is 12.0. The Hall–Kier alpha value is -0.680. The van der Waals surface area contributed by atoms with Crippen LogP contribution in [0.3, 0.4) is 0 Å². The number of unbranched alkanes of at least 4 members (excludes halogenated alkanes) is 3. The second kappa shape index (κ2) is 7.80. The van der Waals surface area contributed by atoms with Crippen LogP contribution in [0.2, 0.25) is 0 Å². The van der Waals surface area contributed by atoms with Crippen molar-refractivity contribution in [3.8, 4) is 5.19 Å². The number of hydrogen-bond acceptors (Lipinski definition) is 5. The Morgan fingerprint density at radius 1 is 1.32 bits per heavy atom. The number of aromatic nitrogens is 2. The standard InChI is InChI=1S/C14H25N3OS/c1-3-4-5-6-7-11(2)18-14-17-16-13(19-14)10-15-12-8-9-12/h11-12,15H,3-10H2,1-2H3. The third kappa shape index (κ3) is 5.87. The zero-order valence-corrected chi connectivity index (χ0v) is 12.8. The lowest BCUT2D eigenvalue weighted by Gasteiger charge is -2.11. The summed E-state index contributed by atoms with van der Waals surface area (Å²) in [6, 6.07) is 0.714. The highest BCUT2D eigenvalue weighted by Gasteiger charge is 2.20. The largest absolute Gasteiger partial charge is 0.466 e. The number of nitrogens with zero attached hydrogens (tertiary/aromatic N) is 2. The van der Waals surface area contributed by atoms with E-state index in [1.807, 2.05) is 0 Å². The summed E-state index contributed by atoms with van der Waals surface area (Å²) in [7, 11) is 0. The van der Waals surface area contributed by atoms with Gasteiger partial charge in [0.2, 0.25) is 0 Å². The third-order valence-corrected chi connectivity index (χ3v) is 4.15. The van der Waals surface area contributed by atoms with Crippen LogP contribution in [0.15, 0.2) is 0 Å². The van der Waals surface area contributed by atoms with E-state index in [1.54, 1.807) is 11.3 Å². The summed E-state index contributed by atoms with van der Waals surface area (Å²) in [5.74, 6) is 0. The SMILES string of the molecule is CCCCCCC(C)Oc1nnc(CNC2CC2)s1. The Bertz CT molecular complexity index is 365. The molecule has 0 bridgehead atoms. The number of rotatable bonds is 10. The fourth-order valence-electron chi connectivity index (χ4n) is 1.97. The zero-order chi connectivity index (χ0) is 13.5. The second-order valence-electron chi connectivity index (χ2n) is 5.39. The molecule has 1 aliphatic rings. The summed E-state index contributed by atoms with van der Waals surface area (Å²) in [5, 5.41) is 13.5. The van der Waals surface area contributed by atoms with Crippen molar-refractivity contribution < 1.29 is 4.74 Å². The van der Waals surface area contributed by atoms with E-state index >= 15 is 0 Å². The maximum absolute atomic E-state index is 5.81. The molecule has 0 amide bonds. The van der Waals surface area contributed by atoms with Gasteiger partial charge in [-0.1, -0.05) is 42.6 Å². The Kier molecular flexibility index (Phi) is 6.04. The first-order chi connectivity index (χ1) is 9.28. The molecule has 1 N–H and O–H groups in total. The van der Waals surface area contributed by atoms with Gasteiger partial charge in [0.05, 0.1) is 12.6 Å². The predicted octanol–water partition coefficient (Wildman–Crippen LogP) is 3.53. The molecule has 0 saturated heterocycles. The first-order valence-electron chi connectivity index (χ1n) is 7.50. The van der Waals surface area contributed by atoms with Gasteiger partial charge in [-0.05, 0) is 32.6 Å². The summed E-state index contributed by atoms with van der Waals surface area (Å²) in [5.41, 5.74) is 0. The van der Waals surface area contributed by atoms with Crippen molar-refractivity contribution in [1.29, 1.82) is 0 Å². The van der Waals surface area contributed by atoms with Gasteiger partial charge in [0, 0.05) is 6.04 Å². The molecule has 108 valence electrons. The van der Waals surface area contributed by atoms with Gasteiger partial charge in [-0.2, -0.15) is 0 Å². The molecule has 0 aromatic carbocycles. The van der Waals surface area contributed by atoms with Gasteiger partial charge in [-0.3, -0.25) is 0 Å². The van der Waals surface area contributed by atoms with Crippen molar-refractivity contribution in [2.75, 3.05) is 0 Å². The fraction of sp³-hybridized carbons (Fsp3) is 0.857. The Balaban J connectivity index is 1.63. The quantitative estimate of drug-likeness (QED) is 0.667. The summed E-state index contributed by atoms with van der Waals surface area (Å²) >= 11 is 1.57. The number of nitrogens with one attached hydrogen (secondary N) is 1. The van der Waals surface area contributed by atoms with Crippen LogP contribution in [0.4, 0.5) is 0 Å². The molecule has 0 radical (unpaired) electrons. The Morgan fingerprint density at radius 2 is 2.16 bits per heavy atom. The molecule has 1 aromatic rings. The summed E-state index contributed by atoms with van der Waals surface area (Å²) in [6.45, 7) is 5.18.